The predicted octanol–water partition coefficient (Wildman–Crippen LogP) is 3.48. The number of esters is 1. The standard InChI is InChI=1S/C16H28O3/c1-9(2)8-18-12(5)19-16(17)15-7-13-6-14(15)11(4)10(13)3/h9-15H,6-8H2,1-5H3. The van der Waals surface area contributed by atoms with E-state index in [1.807, 2.05) is 6.92 Å². The molecule has 0 aromatic rings. The first-order valence-corrected chi connectivity index (χ1v) is 7.72. The molecule has 0 spiro atoms. The first kappa shape index (κ1) is 14.8. The molecule has 6 unspecified atom stereocenters. The molecule has 6 atom stereocenters. The molecule has 0 heterocycles. The van der Waals surface area contributed by atoms with Crippen LogP contribution in [0, 0.1) is 35.5 Å². The zero-order chi connectivity index (χ0) is 14.2. The highest BCUT2D eigenvalue weighted by atomic mass is 16.7. The van der Waals surface area contributed by atoms with Crippen molar-refractivity contribution in [2.75, 3.05) is 6.61 Å². The Bertz CT molecular complexity index is 324. The molecule has 2 aliphatic carbocycles. The normalized spacial score (nSPS) is 38.7. The van der Waals surface area contributed by atoms with E-state index >= 15 is 0 Å². The van der Waals surface area contributed by atoms with Crippen LogP contribution in [0.1, 0.15) is 47.5 Å². The van der Waals surface area contributed by atoms with E-state index in [2.05, 4.69) is 27.7 Å². The van der Waals surface area contributed by atoms with Crippen LogP contribution in [0.4, 0.5) is 0 Å². The number of carbonyl (C=O) groups excluding carboxylic acids is 1. The van der Waals surface area contributed by atoms with Crippen LogP contribution in [-0.4, -0.2) is 18.9 Å². The zero-order valence-electron chi connectivity index (χ0n) is 12.9. The van der Waals surface area contributed by atoms with Crippen molar-refractivity contribution >= 4 is 5.97 Å². The van der Waals surface area contributed by atoms with E-state index in [0.717, 1.165) is 18.3 Å². The van der Waals surface area contributed by atoms with Gasteiger partial charge in [-0.3, -0.25) is 4.79 Å². The topological polar surface area (TPSA) is 35.5 Å². The molecule has 3 nitrogen and oxygen atoms in total. The van der Waals surface area contributed by atoms with Gasteiger partial charge in [0.2, 0.25) is 0 Å². The second-order valence-corrected chi connectivity index (χ2v) is 6.95. The third-order valence-electron chi connectivity index (χ3n) is 5.15. The quantitative estimate of drug-likeness (QED) is 0.565. The molecule has 0 amide bonds. The van der Waals surface area contributed by atoms with Crippen LogP contribution >= 0.6 is 0 Å². The van der Waals surface area contributed by atoms with Crippen molar-refractivity contribution < 1.29 is 14.3 Å². The van der Waals surface area contributed by atoms with Gasteiger partial charge >= 0.3 is 5.97 Å². The Kier molecular flexibility index (Phi) is 4.54. The highest BCUT2D eigenvalue weighted by Gasteiger charge is 2.51. The number of hydrogen-bond donors (Lipinski definition) is 0. The zero-order valence-corrected chi connectivity index (χ0v) is 12.9. The summed E-state index contributed by atoms with van der Waals surface area (Å²) in [5, 5.41) is 0. The smallest absolute Gasteiger partial charge is 0.311 e. The third-order valence-corrected chi connectivity index (χ3v) is 5.15. The fourth-order valence-corrected chi connectivity index (χ4v) is 3.82. The Morgan fingerprint density at radius 1 is 1.16 bits per heavy atom. The third kappa shape index (κ3) is 3.13. The first-order valence-electron chi connectivity index (χ1n) is 7.72. The lowest BCUT2D eigenvalue weighted by Crippen LogP contribution is -2.33. The van der Waals surface area contributed by atoms with Crippen molar-refractivity contribution in [3.63, 3.8) is 0 Å². The maximum Gasteiger partial charge on any atom is 0.311 e. The fourth-order valence-electron chi connectivity index (χ4n) is 3.82. The summed E-state index contributed by atoms with van der Waals surface area (Å²) in [6.07, 6.45) is 1.82. The van der Waals surface area contributed by atoms with E-state index in [4.69, 9.17) is 9.47 Å². The fraction of sp³-hybridized carbons (Fsp3) is 0.938. The summed E-state index contributed by atoms with van der Waals surface area (Å²) in [5.41, 5.74) is 0. The van der Waals surface area contributed by atoms with Gasteiger partial charge in [-0.15, -0.1) is 0 Å². The molecule has 110 valence electrons. The van der Waals surface area contributed by atoms with Gasteiger partial charge in [-0.1, -0.05) is 27.7 Å². The van der Waals surface area contributed by atoms with Crippen LogP contribution in [0.25, 0.3) is 0 Å². The molecular weight excluding hydrogens is 240 g/mol. The van der Waals surface area contributed by atoms with Crippen LogP contribution < -0.4 is 0 Å². The summed E-state index contributed by atoms with van der Waals surface area (Å²) < 4.78 is 11.0. The molecular formula is C16H28O3. The minimum absolute atomic E-state index is 0.0393. The molecule has 2 fully saturated rings. The number of fused-ring (bicyclic) bond motifs is 2. The summed E-state index contributed by atoms with van der Waals surface area (Å²) in [6, 6.07) is 0. The van der Waals surface area contributed by atoms with Gasteiger partial charge in [0.05, 0.1) is 12.5 Å². The SMILES string of the molecule is CC(C)COC(C)OC(=O)C1CC2CC1C(C)C2C. The van der Waals surface area contributed by atoms with E-state index < -0.39 is 6.29 Å². The second kappa shape index (κ2) is 5.82. The van der Waals surface area contributed by atoms with Gasteiger partial charge in [-0.2, -0.15) is 0 Å². The van der Waals surface area contributed by atoms with Crippen molar-refractivity contribution in [1.82, 2.24) is 0 Å². The average molecular weight is 268 g/mol. The largest absolute Gasteiger partial charge is 0.436 e. The van der Waals surface area contributed by atoms with E-state index in [0.29, 0.717) is 24.4 Å². The predicted molar refractivity (Wildman–Crippen MR) is 74.4 cm³/mol. The van der Waals surface area contributed by atoms with E-state index in [1.165, 1.54) is 6.42 Å². The van der Waals surface area contributed by atoms with Gasteiger partial charge in [-0.05, 0) is 49.4 Å². The minimum atomic E-state index is -0.415. The van der Waals surface area contributed by atoms with E-state index in [9.17, 15) is 4.79 Å². The summed E-state index contributed by atoms with van der Waals surface area (Å²) in [4.78, 5) is 12.2. The highest BCUT2D eigenvalue weighted by molar-refractivity contribution is 5.73. The van der Waals surface area contributed by atoms with Gasteiger partial charge in [0.1, 0.15) is 0 Å². The number of rotatable bonds is 5. The molecule has 2 aliphatic rings. The first-order chi connectivity index (χ1) is 8.90. The van der Waals surface area contributed by atoms with E-state index in [1.54, 1.807) is 0 Å². The molecule has 2 bridgehead atoms. The number of carbonyl (C=O) groups is 1. The summed E-state index contributed by atoms with van der Waals surface area (Å²) >= 11 is 0. The molecule has 0 N–H and O–H groups in total. The lowest BCUT2D eigenvalue weighted by molar-refractivity contribution is -0.183. The molecule has 3 heteroatoms. The molecule has 0 aromatic carbocycles. The molecule has 0 radical (unpaired) electrons. The van der Waals surface area contributed by atoms with Gasteiger partial charge in [0.15, 0.2) is 6.29 Å². The van der Waals surface area contributed by atoms with Crippen molar-refractivity contribution in [1.29, 1.82) is 0 Å². The molecule has 0 saturated heterocycles. The van der Waals surface area contributed by atoms with Crippen molar-refractivity contribution in [3.05, 3.63) is 0 Å². The van der Waals surface area contributed by atoms with Gasteiger partial charge in [0, 0.05) is 0 Å². The highest BCUT2D eigenvalue weighted by Crippen LogP contribution is 2.55. The lowest BCUT2D eigenvalue weighted by Gasteiger charge is -2.31. The second-order valence-electron chi connectivity index (χ2n) is 6.95. The molecule has 19 heavy (non-hydrogen) atoms. The molecule has 0 aromatic heterocycles. The van der Waals surface area contributed by atoms with Crippen LogP contribution in [0.2, 0.25) is 0 Å². The molecule has 2 saturated carbocycles. The Morgan fingerprint density at radius 2 is 1.84 bits per heavy atom. The van der Waals surface area contributed by atoms with Crippen molar-refractivity contribution in [2.45, 2.75) is 53.8 Å². The summed E-state index contributed by atoms with van der Waals surface area (Å²) in [7, 11) is 0. The Labute approximate surface area is 117 Å². The van der Waals surface area contributed by atoms with Crippen LogP contribution in [0.5, 0.6) is 0 Å². The van der Waals surface area contributed by atoms with Crippen LogP contribution in [0.15, 0.2) is 0 Å². The monoisotopic (exact) mass is 268 g/mol. The Morgan fingerprint density at radius 3 is 2.37 bits per heavy atom. The molecule has 0 aliphatic heterocycles. The average Bonchev–Trinajstić information content (AvgIpc) is 2.88. The Balaban J connectivity index is 1.82. The lowest BCUT2D eigenvalue weighted by atomic mass is 9.76. The van der Waals surface area contributed by atoms with Gasteiger partial charge in [-0.25, -0.2) is 0 Å². The van der Waals surface area contributed by atoms with Gasteiger partial charge < -0.3 is 9.47 Å². The van der Waals surface area contributed by atoms with Crippen LogP contribution in [-0.2, 0) is 14.3 Å². The van der Waals surface area contributed by atoms with Crippen molar-refractivity contribution in [2.24, 2.45) is 35.5 Å². The maximum atomic E-state index is 12.2. The number of ether oxygens (including phenoxy) is 2. The maximum absolute atomic E-state index is 12.2. The Hall–Kier alpha value is -0.570. The van der Waals surface area contributed by atoms with Crippen molar-refractivity contribution in [3.8, 4) is 0 Å². The summed E-state index contributed by atoms with van der Waals surface area (Å²) in [6.45, 7) is 11.2. The van der Waals surface area contributed by atoms with E-state index in [-0.39, 0.29) is 11.9 Å². The van der Waals surface area contributed by atoms with Gasteiger partial charge in [0.25, 0.3) is 0 Å². The van der Waals surface area contributed by atoms with Crippen LogP contribution in [0.3, 0.4) is 0 Å². The summed E-state index contributed by atoms with van der Waals surface area (Å²) in [5.74, 6) is 3.22. The minimum Gasteiger partial charge on any atom is -0.436 e. The molecule has 2 rings (SSSR count). The number of hydrogen-bond acceptors (Lipinski definition) is 3.